The Hall–Kier alpha value is -0.760. The average molecular weight is 378 g/mol. The first-order valence-electron chi connectivity index (χ1n) is 5.89. The molecule has 3 nitrogen and oxygen atoms in total. The Kier molecular flexibility index (Phi) is 4.95. The van der Waals surface area contributed by atoms with Crippen molar-refractivity contribution in [3.63, 3.8) is 0 Å². The van der Waals surface area contributed by atoms with E-state index in [0.29, 0.717) is 12.0 Å². The molecule has 0 atom stereocenters. The maximum absolute atomic E-state index is 13.4. The summed E-state index contributed by atoms with van der Waals surface area (Å²) in [6.45, 7) is 2.00. The van der Waals surface area contributed by atoms with Gasteiger partial charge in [0.15, 0.2) is 0 Å². The van der Waals surface area contributed by atoms with Crippen molar-refractivity contribution < 1.29 is 12.8 Å². The van der Waals surface area contributed by atoms with E-state index in [4.69, 9.17) is 0 Å². The highest BCUT2D eigenvalue weighted by molar-refractivity contribution is 9.11. The number of halogens is 2. The highest BCUT2D eigenvalue weighted by Gasteiger charge is 2.17. The minimum atomic E-state index is -3.53. The Morgan fingerprint density at radius 2 is 2.05 bits per heavy atom. The molecule has 1 N–H and O–H groups in total. The molecule has 0 spiro atoms. The first-order chi connectivity index (χ1) is 9.40. The van der Waals surface area contributed by atoms with Crippen LogP contribution in [0.4, 0.5) is 4.39 Å². The fourth-order valence-electron chi connectivity index (χ4n) is 1.66. The minimum Gasteiger partial charge on any atom is -0.210 e. The highest BCUT2D eigenvalue weighted by Crippen LogP contribution is 2.30. The summed E-state index contributed by atoms with van der Waals surface area (Å²) >= 11 is 4.46. The molecule has 1 aromatic carbocycles. The number of hydrogen-bond acceptors (Lipinski definition) is 3. The monoisotopic (exact) mass is 377 g/mol. The van der Waals surface area contributed by atoms with Crippen LogP contribution in [0.15, 0.2) is 38.3 Å². The van der Waals surface area contributed by atoms with Crippen LogP contribution in [0.3, 0.4) is 0 Å². The summed E-state index contributed by atoms with van der Waals surface area (Å²) in [5, 5.41) is 0. The summed E-state index contributed by atoms with van der Waals surface area (Å²) in [4.78, 5) is 0. The molecule has 7 heteroatoms. The Morgan fingerprint density at radius 1 is 1.35 bits per heavy atom. The van der Waals surface area contributed by atoms with Crippen LogP contribution in [0.25, 0.3) is 0 Å². The lowest BCUT2D eigenvalue weighted by Crippen LogP contribution is -2.25. The van der Waals surface area contributed by atoms with Gasteiger partial charge in [-0.05, 0) is 52.5 Å². The van der Waals surface area contributed by atoms with Gasteiger partial charge in [-0.1, -0.05) is 18.2 Å². The maximum Gasteiger partial charge on any atom is 0.250 e. The smallest absolute Gasteiger partial charge is 0.210 e. The van der Waals surface area contributed by atoms with Crippen LogP contribution in [0.1, 0.15) is 11.1 Å². The molecule has 2 rings (SSSR count). The molecule has 0 radical (unpaired) electrons. The molecule has 20 heavy (non-hydrogen) atoms. The first kappa shape index (κ1) is 15.6. The number of rotatable bonds is 5. The molecule has 0 aliphatic carbocycles. The van der Waals surface area contributed by atoms with E-state index in [9.17, 15) is 12.8 Å². The molecule has 2 aromatic rings. The summed E-state index contributed by atoms with van der Waals surface area (Å²) in [6.07, 6.45) is 0.317. The van der Waals surface area contributed by atoms with Gasteiger partial charge in [0.05, 0.1) is 3.79 Å². The van der Waals surface area contributed by atoms with Gasteiger partial charge in [-0.25, -0.2) is 17.5 Å². The van der Waals surface area contributed by atoms with Gasteiger partial charge in [-0.3, -0.25) is 0 Å². The molecular formula is C13H13BrFNO2S2. The normalized spacial score (nSPS) is 11.8. The van der Waals surface area contributed by atoms with Crippen molar-refractivity contribution in [1.82, 2.24) is 4.72 Å². The van der Waals surface area contributed by atoms with Crippen LogP contribution >= 0.6 is 27.3 Å². The van der Waals surface area contributed by atoms with Crippen molar-refractivity contribution in [2.75, 3.05) is 6.54 Å². The van der Waals surface area contributed by atoms with E-state index in [1.165, 1.54) is 6.07 Å². The number of hydrogen-bond donors (Lipinski definition) is 1. The van der Waals surface area contributed by atoms with Gasteiger partial charge in [0, 0.05) is 6.54 Å². The standard InChI is InChI=1S/C13H13BrFNO2S2/c1-9-8-12(19-13(9)14)20(17,18)16-7-6-10-4-2-3-5-11(10)15/h2-5,8,16H,6-7H2,1H3. The van der Waals surface area contributed by atoms with Crippen LogP contribution in [0.5, 0.6) is 0 Å². The van der Waals surface area contributed by atoms with Crippen molar-refractivity contribution in [3.8, 4) is 0 Å². The van der Waals surface area contributed by atoms with E-state index in [1.54, 1.807) is 24.3 Å². The second kappa shape index (κ2) is 6.34. The van der Waals surface area contributed by atoms with Crippen molar-refractivity contribution in [2.45, 2.75) is 17.6 Å². The molecule has 0 bridgehead atoms. The number of nitrogens with one attached hydrogen (secondary N) is 1. The van der Waals surface area contributed by atoms with Crippen molar-refractivity contribution in [2.24, 2.45) is 0 Å². The lowest BCUT2D eigenvalue weighted by atomic mass is 10.1. The summed E-state index contributed by atoms with van der Waals surface area (Å²) < 4.78 is 41.1. The van der Waals surface area contributed by atoms with Crippen LogP contribution in [-0.2, 0) is 16.4 Å². The Morgan fingerprint density at radius 3 is 2.65 bits per heavy atom. The molecule has 0 unspecified atom stereocenters. The molecule has 1 aromatic heterocycles. The zero-order chi connectivity index (χ0) is 14.8. The summed E-state index contributed by atoms with van der Waals surface area (Å²) in [7, 11) is -3.53. The van der Waals surface area contributed by atoms with Gasteiger partial charge in [0.1, 0.15) is 10.0 Å². The van der Waals surface area contributed by atoms with Gasteiger partial charge in [0.25, 0.3) is 0 Å². The zero-order valence-electron chi connectivity index (χ0n) is 10.7. The molecule has 1 heterocycles. The van der Waals surface area contributed by atoms with Crippen LogP contribution < -0.4 is 4.72 Å². The van der Waals surface area contributed by atoms with Crippen LogP contribution in [0, 0.1) is 12.7 Å². The number of aryl methyl sites for hydroxylation is 1. The van der Waals surface area contributed by atoms with E-state index in [2.05, 4.69) is 20.7 Å². The fourth-order valence-corrected chi connectivity index (χ4v) is 4.96. The second-order valence-electron chi connectivity index (χ2n) is 4.26. The SMILES string of the molecule is Cc1cc(S(=O)(=O)NCCc2ccccc2F)sc1Br. The largest absolute Gasteiger partial charge is 0.250 e. The second-order valence-corrected chi connectivity index (χ2v) is 8.63. The minimum absolute atomic E-state index is 0.165. The Balaban J connectivity index is 2.02. The molecule has 0 saturated carbocycles. The van der Waals surface area contributed by atoms with Gasteiger partial charge in [0.2, 0.25) is 10.0 Å². The lowest BCUT2D eigenvalue weighted by molar-refractivity contribution is 0.579. The Bertz CT molecular complexity index is 693. The van der Waals surface area contributed by atoms with E-state index < -0.39 is 10.0 Å². The molecular weight excluding hydrogens is 365 g/mol. The van der Waals surface area contributed by atoms with E-state index in [0.717, 1.165) is 20.7 Å². The third-order valence-electron chi connectivity index (χ3n) is 2.74. The quantitative estimate of drug-likeness (QED) is 0.866. The third-order valence-corrected chi connectivity index (χ3v) is 6.81. The molecule has 108 valence electrons. The van der Waals surface area contributed by atoms with E-state index in [1.807, 2.05) is 6.92 Å². The molecule has 0 amide bonds. The van der Waals surface area contributed by atoms with Crippen molar-refractivity contribution in [1.29, 1.82) is 0 Å². The average Bonchev–Trinajstić information content (AvgIpc) is 2.73. The van der Waals surface area contributed by atoms with Gasteiger partial charge < -0.3 is 0 Å². The molecule has 0 aliphatic heterocycles. The van der Waals surface area contributed by atoms with E-state index in [-0.39, 0.29) is 16.6 Å². The number of sulfonamides is 1. The lowest BCUT2D eigenvalue weighted by Gasteiger charge is -2.05. The first-order valence-corrected chi connectivity index (χ1v) is 8.98. The molecule has 0 fully saturated rings. The van der Waals surface area contributed by atoms with Crippen LogP contribution in [-0.4, -0.2) is 15.0 Å². The maximum atomic E-state index is 13.4. The summed E-state index contributed by atoms with van der Waals surface area (Å²) in [6, 6.07) is 7.96. The molecule has 0 aliphatic rings. The fraction of sp³-hybridized carbons (Fsp3) is 0.231. The molecule has 0 saturated heterocycles. The van der Waals surface area contributed by atoms with E-state index >= 15 is 0 Å². The summed E-state index contributed by atoms with van der Waals surface area (Å²) in [5.74, 6) is -0.318. The van der Waals surface area contributed by atoms with Gasteiger partial charge >= 0.3 is 0 Å². The topological polar surface area (TPSA) is 46.2 Å². The van der Waals surface area contributed by atoms with Crippen molar-refractivity contribution in [3.05, 3.63) is 51.1 Å². The predicted molar refractivity (Wildman–Crippen MR) is 82.0 cm³/mol. The van der Waals surface area contributed by atoms with Crippen molar-refractivity contribution >= 4 is 37.3 Å². The Labute approximate surface area is 130 Å². The van der Waals surface area contributed by atoms with Gasteiger partial charge in [-0.15, -0.1) is 11.3 Å². The predicted octanol–water partition coefficient (Wildman–Crippen LogP) is 3.48. The number of benzene rings is 1. The summed E-state index contributed by atoms with van der Waals surface area (Å²) in [5.41, 5.74) is 1.38. The zero-order valence-corrected chi connectivity index (χ0v) is 13.9. The highest BCUT2D eigenvalue weighted by atomic mass is 79.9. The number of thiophene rings is 1. The van der Waals surface area contributed by atoms with Crippen LogP contribution in [0.2, 0.25) is 0 Å². The third kappa shape index (κ3) is 3.66. The van der Waals surface area contributed by atoms with Gasteiger partial charge in [-0.2, -0.15) is 0 Å².